The van der Waals surface area contributed by atoms with Gasteiger partial charge in [0.1, 0.15) is 5.82 Å². The number of hydrogen-bond acceptors (Lipinski definition) is 3. The Morgan fingerprint density at radius 2 is 2.20 bits per heavy atom. The standard InChI is InChI=1S/C16H20N4/c1-3-4-5-6-7-11-17-15-10-8-9-14(12-15)16-18-13(2)19-20-16/h8-10,12,17H,5-7,11H2,1-2H3,(H,18,19,20). The second kappa shape index (κ2) is 7.34. The van der Waals surface area contributed by atoms with Gasteiger partial charge in [0, 0.05) is 24.2 Å². The van der Waals surface area contributed by atoms with Crippen molar-refractivity contribution in [1.82, 2.24) is 15.2 Å². The molecule has 0 saturated heterocycles. The van der Waals surface area contributed by atoms with Crippen LogP contribution < -0.4 is 5.32 Å². The summed E-state index contributed by atoms with van der Waals surface area (Å²) in [4.78, 5) is 4.34. The van der Waals surface area contributed by atoms with Gasteiger partial charge in [-0.05, 0) is 38.8 Å². The zero-order valence-electron chi connectivity index (χ0n) is 12.0. The lowest BCUT2D eigenvalue weighted by Crippen LogP contribution is -2.01. The maximum atomic E-state index is 4.34. The van der Waals surface area contributed by atoms with Crippen LogP contribution in [0.1, 0.15) is 32.0 Å². The number of benzene rings is 1. The molecule has 0 saturated carbocycles. The molecule has 4 nitrogen and oxygen atoms in total. The molecule has 0 radical (unpaired) electrons. The van der Waals surface area contributed by atoms with E-state index in [4.69, 9.17) is 0 Å². The summed E-state index contributed by atoms with van der Waals surface area (Å²) in [5.74, 6) is 7.57. The Morgan fingerprint density at radius 1 is 1.30 bits per heavy atom. The summed E-state index contributed by atoms with van der Waals surface area (Å²) >= 11 is 0. The highest BCUT2D eigenvalue weighted by Gasteiger charge is 2.03. The molecule has 0 spiro atoms. The van der Waals surface area contributed by atoms with E-state index in [-0.39, 0.29) is 0 Å². The average molecular weight is 268 g/mol. The molecule has 1 aromatic carbocycles. The highest BCUT2D eigenvalue weighted by Crippen LogP contribution is 2.19. The third-order valence-corrected chi connectivity index (χ3v) is 2.95. The van der Waals surface area contributed by atoms with Crippen LogP contribution in [0.3, 0.4) is 0 Å². The van der Waals surface area contributed by atoms with Gasteiger partial charge >= 0.3 is 0 Å². The molecule has 0 aliphatic heterocycles. The molecule has 2 N–H and O–H groups in total. The van der Waals surface area contributed by atoms with Crippen LogP contribution in [0, 0.1) is 18.8 Å². The smallest absolute Gasteiger partial charge is 0.181 e. The lowest BCUT2D eigenvalue weighted by Gasteiger charge is -2.06. The topological polar surface area (TPSA) is 53.6 Å². The Bertz CT molecular complexity index is 604. The van der Waals surface area contributed by atoms with Crippen LogP contribution in [-0.4, -0.2) is 21.7 Å². The van der Waals surface area contributed by atoms with Crippen LogP contribution >= 0.6 is 0 Å². The fraction of sp³-hybridized carbons (Fsp3) is 0.375. The second-order valence-corrected chi connectivity index (χ2v) is 4.64. The van der Waals surface area contributed by atoms with Crippen LogP contribution in [0.2, 0.25) is 0 Å². The van der Waals surface area contributed by atoms with Gasteiger partial charge in [-0.25, -0.2) is 4.98 Å². The third kappa shape index (κ3) is 4.13. The molecule has 104 valence electrons. The molecule has 2 rings (SSSR count). The van der Waals surface area contributed by atoms with E-state index in [0.29, 0.717) is 0 Å². The first-order chi connectivity index (χ1) is 9.79. The molecule has 20 heavy (non-hydrogen) atoms. The predicted molar refractivity (Wildman–Crippen MR) is 82.3 cm³/mol. The second-order valence-electron chi connectivity index (χ2n) is 4.64. The number of aromatic amines is 1. The lowest BCUT2D eigenvalue weighted by molar-refractivity contribution is 0.789. The largest absolute Gasteiger partial charge is 0.385 e. The zero-order valence-corrected chi connectivity index (χ0v) is 12.0. The first-order valence-corrected chi connectivity index (χ1v) is 6.92. The first kappa shape index (κ1) is 14.1. The fourth-order valence-corrected chi connectivity index (χ4v) is 1.94. The summed E-state index contributed by atoms with van der Waals surface area (Å²) in [5.41, 5.74) is 2.13. The Balaban J connectivity index is 1.88. The summed E-state index contributed by atoms with van der Waals surface area (Å²) < 4.78 is 0. The summed E-state index contributed by atoms with van der Waals surface area (Å²) in [7, 11) is 0. The van der Waals surface area contributed by atoms with Crippen molar-refractivity contribution in [2.45, 2.75) is 33.1 Å². The molecular formula is C16H20N4. The summed E-state index contributed by atoms with van der Waals surface area (Å²) in [6.07, 6.45) is 3.24. The number of nitrogens with one attached hydrogen (secondary N) is 2. The normalized spacial score (nSPS) is 9.90. The van der Waals surface area contributed by atoms with Crippen LogP contribution in [0.25, 0.3) is 11.4 Å². The van der Waals surface area contributed by atoms with E-state index < -0.39 is 0 Å². The lowest BCUT2D eigenvalue weighted by atomic mass is 10.2. The number of unbranched alkanes of at least 4 members (excludes halogenated alkanes) is 2. The Labute approximate surface area is 120 Å². The number of anilines is 1. The van der Waals surface area contributed by atoms with E-state index in [1.165, 1.54) is 0 Å². The van der Waals surface area contributed by atoms with Gasteiger partial charge in [-0.1, -0.05) is 12.1 Å². The molecule has 0 unspecified atom stereocenters. The number of nitrogens with zero attached hydrogens (tertiary/aromatic N) is 2. The molecule has 0 amide bonds. The molecule has 0 atom stereocenters. The number of hydrogen-bond donors (Lipinski definition) is 2. The van der Waals surface area contributed by atoms with E-state index in [1.807, 2.05) is 26.0 Å². The molecular weight excluding hydrogens is 248 g/mol. The van der Waals surface area contributed by atoms with Gasteiger partial charge in [0.2, 0.25) is 0 Å². The summed E-state index contributed by atoms with van der Waals surface area (Å²) in [5, 5.41) is 10.5. The highest BCUT2D eigenvalue weighted by atomic mass is 15.2. The van der Waals surface area contributed by atoms with Crippen molar-refractivity contribution < 1.29 is 0 Å². The van der Waals surface area contributed by atoms with Crippen molar-refractivity contribution in [2.75, 3.05) is 11.9 Å². The van der Waals surface area contributed by atoms with Crippen LogP contribution in [0.15, 0.2) is 24.3 Å². The van der Waals surface area contributed by atoms with E-state index >= 15 is 0 Å². The predicted octanol–water partition coefficient (Wildman–Crippen LogP) is 3.39. The number of aromatic nitrogens is 3. The minimum absolute atomic E-state index is 0.740. The van der Waals surface area contributed by atoms with Crippen molar-refractivity contribution >= 4 is 5.69 Å². The number of aryl methyl sites for hydroxylation is 1. The number of H-pyrrole nitrogens is 1. The third-order valence-electron chi connectivity index (χ3n) is 2.95. The Morgan fingerprint density at radius 3 is 2.95 bits per heavy atom. The minimum atomic E-state index is 0.740. The van der Waals surface area contributed by atoms with Crippen molar-refractivity contribution in [3.05, 3.63) is 30.1 Å². The molecule has 0 bridgehead atoms. The molecule has 1 aromatic heterocycles. The summed E-state index contributed by atoms with van der Waals surface area (Å²) in [6, 6.07) is 8.18. The molecule has 0 aliphatic carbocycles. The van der Waals surface area contributed by atoms with Crippen molar-refractivity contribution in [3.63, 3.8) is 0 Å². The van der Waals surface area contributed by atoms with Gasteiger partial charge in [0.25, 0.3) is 0 Å². The quantitative estimate of drug-likeness (QED) is 0.623. The Hall–Kier alpha value is -2.28. The monoisotopic (exact) mass is 268 g/mol. The highest BCUT2D eigenvalue weighted by molar-refractivity contribution is 5.62. The van der Waals surface area contributed by atoms with Crippen LogP contribution in [0.5, 0.6) is 0 Å². The zero-order chi connectivity index (χ0) is 14.2. The Kier molecular flexibility index (Phi) is 5.19. The number of rotatable bonds is 6. The summed E-state index contributed by atoms with van der Waals surface area (Å²) in [6.45, 7) is 4.74. The van der Waals surface area contributed by atoms with Crippen molar-refractivity contribution in [2.24, 2.45) is 0 Å². The van der Waals surface area contributed by atoms with E-state index in [9.17, 15) is 0 Å². The maximum Gasteiger partial charge on any atom is 0.181 e. The minimum Gasteiger partial charge on any atom is -0.385 e. The van der Waals surface area contributed by atoms with Gasteiger partial charge < -0.3 is 5.32 Å². The first-order valence-electron chi connectivity index (χ1n) is 6.92. The van der Waals surface area contributed by atoms with Crippen molar-refractivity contribution in [1.29, 1.82) is 0 Å². The molecule has 2 aromatic rings. The van der Waals surface area contributed by atoms with Gasteiger partial charge in [0.05, 0.1) is 0 Å². The van der Waals surface area contributed by atoms with E-state index in [1.54, 1.807) is 0 Å². The SMILES string of the molecule is CC#CCCCCNc1cccc(-c2n[nH]c(C)n2)c1. The molecule has 1 heterocycles. The maximum absolute atomic E-state index is 4.34. The fourth-order valence-electron chi connectivity index (χ4n) is 1.94. The van der Waals surface area contributed by atoms with Gasteiger partial charge in [-0.15, -0.1) is 11.8 Å². The van der Waals surface area contributed by atoms with Gasteiger partial charge in [-0.3, -0.25) is 5.10 Å². The molecule has 0 fully saturated rings. The van der Waals surface area contributed by atoms with E-state index in [2.05, 4.69) is 44.5 Å². The van der Waals surface area contributed by atoms with E-state index in [0.717, 1.165) is 48.7 Å². The van der Waals surface area contributed by atoms with Crippen molar-refractivity contribution in [3.8, 4) is 23.2 Å². The molecule has 0 aliphatic rings. The van der Waals surface area contributed by atoms with Crippen LogP contribution in [0.4, 0.5) is 5.69 Å². The van der Waals surface area contributed by atoms with Gasteiger partial charge in [-0.2, -0.15) is 5.10 Å². The average Bonchev–Trinajstić information content (AvgIpc) is 2.90. The van der Waals surface area contributed by atoms with Crippen LogP contribution in [-0.2, 0) is 0 Å². The van der Waals surface area contributed by atoms with Gasteiger partial charge in [0.15, 0.2) is 5.82 Å². The molecule has 4 heteroatoms.